The van der Waals surface area contributed by atoms with Crippen LogP contribution in [-0.4, -0.2) is 48.2 Å². The van der Waals surface area contributed by atoms with E-state index in [0.717, 1.165) is 0 Å². The van der Waals surface area contributed by atoms with Crippen LogP contribution in [-0.2, 0) is 14.3 Å². The third kappa shape index (κ3) is 5.09. The van der Waals surface area contributed by atoms with E-state index in [-0.39, 0.29) is 31.0 Å². The number of carbonyl (C=O) groups excluding carboxylic acids is 2. The molecule has 19 heavy (non-hydrogen) atoms. The summed E-state index contributed by atoms with van der Waals surface area (Å²) in [6.07, 6.45) is 0. The van der Waals surface area contributed by atoms with Crippen LogP contribution in [0.25, 0.3) is 0 Å². The summed E-state index contributed by atoms with van der Waals surface area (Å²) in [5.74, 6) is -0.352. The Bertz CT molecular complexity index is 442. The summed E-state index contributed by atoms with van der Waals surface area (Å²) >= 11 is 0. The lowest BCUT2D eigenvalue weighted by molar-refractivity contribution is -0.142. The molecule has 1 aromatic heterocycles. The number of amides is 1. The van der Waals surface area contributed by atoms with E-state index in [4.69, 9.17) is 4.52 Å². The number of aromatic nitrogens is 1. The maximum Gasteiger partial charge on any atom is 0.319 e. The average Bonchev–Trinajstić information content (AvgIpc) is 2.73. The smallest absolute Gasteiger partial charge is 0.319 e. The predicted octanol–water partition coefficient (Wildman–Crippen LogP) is 0.805. The molecule has 0 aliphatic rings. The van der Waals surface area contributed by atoms with E-state index in [1.165, 1.54) is 7.11 Å². The van der Waals surface area contributed by atoms with E-state index in [9.17, 15) is 9.59 Å². The molecule has 1 amide bonds. The van der Waals surface area contributed by atoms with Gasteiger partial charge >= 0.3 is 5.97 Å². The molecule has 0 fully saturated rings. The van der Waals surface area contributed by atoms with Crippen LogP contribution in [0, 0.1) is 6.92 Å². The summed E-state index contributed by atoms with van der Waals surface area (Å²) in [7, 11) is 1.32. The molecular weight excluding hydrogens is 250 g/mol. The first-order chi connectivity index (χ1) is 8.92. The Balaban J connectivity index is 2.54. The quantitative estimate of drug-likeness (QED) is 0.769. The standard InChI is InChI=1S/C12H19N3O4/c1-8(2)15(7-12(17)18-4)6-10(16)13-11-5-9(3)14-19-11/h5,8H,6-7H2,1-4H3,(H,13,16). The molecule has 0 aliphatic heterocycles. The Morgan fingerprint density at radius 2 is 2.16 bits per heavy atom. The summed E-state index contributed by atoms with van der Waals surface area (Å²) in [6, 6.07) is 1.67. The molecule has 0 unspecified atom stereocenters. The molecule has 0 radical (unpaired) electrons. The second-order valence-corrected chi connectivity index (χ2v) is 4.46. The lowest BCUT2D eigenvalue weighted by Gasteiger charge is -2.23. The van der Waals surface area contributed by atoms with E-state index < -0.39 is 0 Å². The van der Waals surface area contributed by atoms with Crippen LogP contribution in [0.15, 0.2) is 10.6 Å². The van der Waals surface area contributed by atoms with Gasteiger partial charge in [-0.25, -0.2) is 0 Å². The number of esters is 1. The first kappa shape index (κ1) is 15.2. The Morgan fingerprint density at radius 3 is 2.63 bits per heavy atom. The first-order valence-electron chi connectivity index (χ1n) is 5.96. The van der Waals surface area contributed by atoms with Gasteiger partial charge in [0.2, 0.25) is 11.8 Å². The lowest BCUT2D eigenvalue weighted by Crippen LogP contribution is -2.41. The van der Waals surface area contributed by atoms with Gasteiger partial charge in [0.15, 0.2) is 0 Å². The van der Waals surface area contributed by atoms with Gasteiger partial charge in [0, 0.05) is 12.1 Å². The highest BCUT2D eigenvalue weighted by Gasteiger charge is 2.18. The molecule has 0 atom stereocenters. The number of hydrogen-bond donors (Lipinski definition) is 1. The zero-order valence-electron chi connectivity index (χ0n) is 11.6. The number of aryl methyl sites for hydroxylation is 1. The zero-order chi connectivity index (χ0) is 14.4. The van der Waals surface area contributed by atoms with Crippen molar-refractivity contribution in [2.45, 2.75) is 26.8 Å². The van der Waals surface area contributed by atoms with Crippen molar-refractivity contribution in [3.63, 3.8) is 0 Å². The molecule has 0 aromatic carbocycles. The van der Waals surface area contributed by atoms with Gasteiger partial charge in [0.25, 0.3) is 0 Å². The normalized spacial score (nSPS) is 10.8. The topological polar surface area (TPSA) is 84.7 Å². The van der Waals surface area contributed by atoms with Crippen LogP contribution in [0.2, 0.25) is 0 Å². The number of hydrogen-bond acceptors (Lipinski definition) is 6. The molecule has 7 heteroatoms. The molecule has 0 spiro atoms. The fourth-order valence-corrected chi connectivity index (χ4v) is 1.44. The number of nitrogens with one attached hydrogen (secondary N) is 1. The molecular formula is C12H19N3O4. The van der Waals surface area contributed by atoms with Crippen LogP contribution in [0.5, 0.6) is 0 Å². The molecule has 1 aromatic rings. The highest BCUT2D eigenvalue weighted by molar-refractivity contribution is 5.91. The first-order valence-corrected chi connectivity index (χ1v) is 5.96. The van der Waals surface area contributed by atoms with Gasteiger partial charge in [-0.05, 0) is 20.8 Å². The molecule has 1 N–H and O–H groups in total. The molecule has 106 valence electrons. The van der Waals surface area contributed by atoms with Gasteiger partial charge in [-0.2, -0.15) is 0 Å². The van der Waals surface area contributed by atoms with E-state index in [0.29, 0.717) is 11.6 Å². The summed E-state index contributed by atoms with van der Waals surface area (Å²) in [6.45, 7) is 5.70. The summed E-state index contributed by atoms with van der Waals surface area (Å²) in [4.78, 5) is 24.8. The minimum absolute atomic E-state index is 0.0429. The predicted molar refractivity (Wildman–Crippen MR) is 68.6 cm³/mol. The van der Waals surface area contributed by atoms with Crippen molar-refractivity contribution < 1.29 is 18.8 Å². The Kier molecular flexibility index (Phi) is 5.50. The number of rotatable bonds is 6. The number of anilines is 1. The second-order valence-electron chi connectivity index (χ2n) is 4.46. The van der Waals surface area contributed by atoms with Gasteiger partial charge in [0.1, 0.15) is 0 Å². The molecule has 0 saturated carbocycles. The SMILES string of the molecule is COC(=O)CN(CC(=O)Nc1cc(C)no1)C(C)C. The van der Waals surface area contributed by atoms with Crippen molar-refractivity contribution in [1.29, 1.82) is 0 Å². The fraction of sp³-hybridized carbons (Fsp3) is 0.583. The molecule has 0 saturated heterocycles. The van der Waals surface area contributed by atoms with E-state index in [1.54, 1.807) is 17.9 Å². The largest absolute Gasteiger partial charge is 0.468 e. The van der Waals surface area contributed by atoms with Crippen LogP contribution in [0.1, 0.15) is 19.5 Å². The van der Waals surface area contributed by atoms with Gasteiger partial charge in [0.05, 0.1) is 25.9 Å². The molecule has 1 heterocycles. The third-order valence-electron chi connectivity index (χ3n) is 2.53. The average molecular weight is 269 g/mol. The number of methoxy groups -OCH3 is 1. The summed E-state index contributed by atoms with van der Waals surface area (Å²) in [5, 5.41) is 6.25. The molecule has 1 rings (SSSR count). The number of ether oxygens (including phenoxy) is 1. The second kappa shape index (κ2) is 6.89. The van der Waals surface area contributed by atoms with Crippen molar-refractivity contribution in [1.82, 2.24) is 10.1 Å². The van der Waals surface area contributed by atoms with Crippen molar-refractivity contribution in [3.05, 3.63) is 11.8 Å². The third-order valence-corrected chi connectivity index (χ3v) is 2.53. The van der Waals surface area contributed by atoms with E-state index in [2.05, 4.69) is 15.2 Å². The van der Waals surface area contributed by atoms with E-state index >= 15 is 0 Å². The van der Waals surface area contributed by atoms with Gasteiger partial charge in [-0.1, -0.05) is 5.16 Å². The molecule has 0 bridgehead atoms. The van der Waals surface area contributed by atoms with Crippen LogP contribution in [0.3, 0.4) is 0 Å². The number of nitrogens with zero attached hydrogens (tertiary/aromatic N) is 2. The molecule has 0 aliphatic carbocycles. The zero-order valence-corrected chi connectivity index (χ0v) is 11.6. The van der Waals surface area contributed by atoms with Gasteiger partial charge in [-0.15, -0.1) is 0 Å². The Morgan fingerprint density at radius 1 is 1.47 bits per heavy atom. The summed E-state index contributed by atoms with van der Waals surface area (Å²) < 4.78 is 9.48. The van der Waals surface area contributed by atoms with Crippen molar-refractivity contribution >= 4 is 17.8 Å². The monoisotopic (exact) mass is 269 g/mol. The highest BCUT2D eigenvalue weighted by Crippen LogP contribution is 2.08. The molecule has 7 nitrogen and oxygen atoms in total. The van der Waals surface area contributed by atoms with Crippen LogP contribution >= 0.6 is 0 Å². The maximum absolute atomic E-state index is 11.8. The lowest BCUT2D eigenvalue weighted by atomic mass is 10.3. The van der Waals surface area contributed by atoms with Crippen molar-refractivity contribution in [2.24, 2.45) is 0 Å². The summed E-state index contributed by atoms with van der Waals surface area (Å²) in [5.41, 5.74) is 0.686. The van der Waals surface area contributed by atoms with Gasteiger partial charge in [-0.3, -0.25) is 19.8 Å². The number of carbonyl (C=O) groups is 2. The van der Waals surface area contributed by atoms with Gasteiger partial charge < -0.3 is 9.26 Å². The van der Waals surface area contributed by atoms with Crippen LogP contribution < -0.4 is 5.32 Å². The van der Waals surface area contributed by atoms with Crippen molar-refractivity contribution in [3.8, 4) is 0 Å². The van der Waals surface area contributed by atoms with E-state index in [1.807, 2.05) is 13.8 Å². The minimum Gasteiger partial charge on any atom is -0.468 e. The maximum atomic E-state index is 11.8. The highest BCUT2D eigenvalue weighted by atomic mass is 16.5. The Labute approximate surface area is 111 Å². The van der Waals surface area contributed by atoms with Crippen molar-refractivity contribution in [2.75, 3.05) is 25.5 Å². The Hall–Kier alpha value is -1.89. The fourth-order valence-electron chi connectivity index (χ4n) is 1.44. The van der Waals surface area contributed by atoms with Crippen LogP contribution in [0.4, 0.5) is 5.88 Å². The minimum atomic E-state index is -0.378.